The Morgan fingerprint density at radius 3 is 2.50 bits per heavy atom. The molecular formula is C8H4ClF4NO2. The highest BCUT2D eigenvalue weighted by atomic mass is 35.5. The number of carbonyl (C=O) groups is 1. The smallest absolute Gasteiger partial charge is 0.400 e. The van der Waals surface area contributed by atoms with Gasteiger partial charge in [-0.2, -0.15) is 0 Å². The molecule has 0 unspecified atom stereocenters. The molecule has 0 radical (unpaired) electrons. The minimum absolute atomic E-state index is 0.0102. The van der Waals surface area contributed by atoms with Crippen LogP contribution in [0.3, 0.4) is 0 Å². The van der Waals surface area contributed by atoms with Gasteiger partial charge in [-0.3, -0.25) is 4.79 Å². The number of alkyl halides is 3. The third-order valence-electron chi connectivity index (χ3n) is 1.46. The number of aromatic nitrogens is 1. The first-order valence-electron chi connectivity index (χ1n) is 3.83. The second-order valence-electron chi connectivity index (χ2n) is 2.74. The lowest BCUT2D eigenvalue weighted by molar-refractivity contribution is -0.275. The summed E-state index contributed by atoms with van der Waals surface area (Å²) in [6.45, 7) is 1.30. The lowest BCUT2D eigenvalue weighted by atomic mass is 10.3. The van der Waals surface area contributed by atoms with Gasteiger partial charge in [-0.1, -0.05) is 0 Å². The highest BCUT2D eigenvalue weighted by molar-refractivity contribution is 6.67. The van der Waals surface area contributed by atoms with Gasteiger partial charge in [-0.05, 0) is 24.6 Å². The number of aryl methyl sites for hydroxylation is 1. The topological polar surface area (TPSA) is 39.2 Å². The Morgan fingerprint density at radius 1 is 1.50 bits per heavy atom. The molecule has 1 rings (SSSR count). The van der Waals surface area contributed by atoms with Gasteiger partial charge in [-0.25, -0.2) is 9.37 Å². The number of hydrogen-bond acceptors (Lipinski definition) is 3. The fourth-order valence-electron chi connectivity index (χ4n) is 0.967. The molecule has 0 fully saturated rings. The Labute approximate surface area is 92.0 Å². The number of pyridine rings is 1. The molecule has 0 amide bonds. The van der Waals surface area contributed by atoms with E-state index in [0.29, 0.717) is 6.07 Å². The van der Waals surface area contributed by atoms with Crippen LogP contribution in [0.5, 0.6) is 5.75 Å². The van der Waals surface area contributed by atoms with Crippen molar-refractivity contribution in [1.82, 2.24) is 4.98 Å². The van der Waals surface area contributed by atoms with E-state index in [4.69, 9.17) is 11.6 Å². The van der Waals surface area contributed by atoms with Crippen molar-refractivity contribution in [3.8, 4) is 5.75 Å². The van der Waals surface area contributed by atoms with E-state index >= 15 is 0 Å². The van der Waals surface area contributed by atoms with E-state index in [2.05, 4.69) is 9.72 Å². The molecule has 0 aliphatic rings. The normalized spacial score (nSPS) is 11.4. The van der Waals surface area contributed by atoms with Crippen molar-refractivity contribution in [2.45, 2.75) is 13.3 Å². The molecule has 88 valence electrons. The van der Waals surface area contributed by atoms with Crippen molar-refractivity contribution in [1.29, 1.82) is 0 Å². The average molecular weight is 258 g/mol. The zero-order valence-corrected chi connectivity index (χ0v) is 8.49. The maximum Gasteiger partial charge on any atom is 0.573 e. The van der Waals surface area contributed by atoms with E-state index in [1.54, 1.807) is 0 Å². The van der Waals surface area contributed by atoms with Crippen LogP contribution in [0.15, 0.2) is 6.07 Å². The molecule has 8 heteroatoms. The number of carbonyl (C=O) groups excluding carboxylic acids is 1. The fourth-order valence-corrected chi connectivity index (χ4v) is 1.10. The summed E-state index contributed by atoms with van der Waals surface area (Å²) >= 11 is 4.97. The molecule has 0 aliphatic heterocycles. The van der Waals surface area contributed by atoms with E-state index < -0.39 is 28.9 Å². The van der Waals surface area contributed by atoms with E-state index in [0.717, 1.165) is 0 Å². The summed E-state index contributed by atoms with van der Waals surface area (Å²) in [5.41, 5.74) is -0.896. The predicted molar refractivity (Wildman–Crippen MR) is 45.8 cm³/mol. The van der Waals surface area contributed by atoms with Crippen molar-refractivity contribution < 1.29 is 27.1 Å². The minimum Gasteiger partial charge on any atom is -0.400 e. The Morgan fingerprint density at radius 2 is 2.06 bits per heavy atom. The van der Waals surface area contributed by atoms with Crippen LogP contribution in [-0.2, 0) is 0 Å². The first-order valence-corrected chi connectivity index (χ1v) is 4.21. The molecular weight excluding hydrogens is 254 g/mol. The number of halogens is 5. The first kappa shape index (κ1) is 12.7. The van der Waals surface area contributed by atoms with Gasteiger partial charge in [0.25, 0.3) is 5.24 Å². The fraction of sp³-hybridized carbons (Fsp3) is 0.250. The number of nitrogens with zero attached hydrogens (tertiary/aromatic N) is 1. The zero-order chi connectivity index (χ0) is 12.5. The van der Waals surface area contributed by atoms with Gasteiger partial charge in [0.05, 0.1) is 0 Å². The zero-order valence-electron chi connectivity index (χ0n) is 7.73. The SMILES string of the molecule is Cc1cc(F)c(OC(F)(F)F)c(C(=O)Cl)n1. The number of ether oxygens (including phenoxy) is 1. The number of hydrogen-bond donors (Lipinski definition) is 0. The Hall–Kier alpha value is -1.37. The van der Waals surface area contributed by atoms with Crippen molar-refractivity contribution >= 4 is 16.8 Å². The monoisotopic (exact) mass is 257 g/mol. The van der Waals surface area contributed by atoms with Gasteiger partial charge in [-0.15, -0.1) is 13.2 Å². The Kier molecular flexibility index (Phi) is 3.37. The number of rotatable bonds is 2. The van der Waals surface area contributed by atoms with Crippen LogP contribution >= 0.6 is 11.6 Å². The third-order valence-corrected chi connectivity index (χ3v) is 1.64. The standard InChI is InChI=1S/C8H4ClF4NO2/c1-3-2-4(10)6(16-8(11,12)13)5(14-3)7(9)15/h2H,1H3. The van der Waals surface area contributed by atoms with Gasteiger partial charge in [0.2, 0.25) is 0 Å². The molecule has 0 saturated heterocycles. The summed E-state index contributed by atoms with van der Waals surface area (Å²) < 4.78 is 52.1. The average Bonchev–Trinajstić information content (AvgIpc) is 2.07. The summed E-state index contributed by atoms with van der Waals surface area (Å²) in [6, 6.07) is 0.699. The summed E-state index contributed by atoms with van der Waals surface area (Å²) in [7, 11) is 0. The highest BCUT2D eigenvalue weighted by Gasteiger charge is 2.35. The summed E-state index contributed by atoms with van der Waals surface area (Å²) in [4.78, 5) is 14.1. The maximum atomic E-state index is 13.1. The van der Waals surface area contributed by atoms with Gasteiger partial charge in [0, 0.05) is 5.69 Å². The quantitative estimate of drug-likeness (QED) is 0.604. The lowest BCUT2D eigenvalue weighted by Gasteiger charge is -2.11. The molecule has 0 N–H and O–H groups in total. The Bertz CT molecular complexity index is 433. The first-order chi connectivity index (χ1) is 7.20. The molecule has 1 aromatic heterocycles. The van der Waals surface area contributed by atoms with E-state index in [9.17, 15) is 22.4 Å². The van der Waals surface area contributed by atoms with Crippen LogP contribution in [0.2, 0.25) is 0 Å². The molecule has 0 atom stereocenters. The van der Waals surface area contributed by atoms with Crippen LogP contribution in [-0.4, -0.2) is 16.6 Å². The second-order valence-corrected chi connectivity index (χ2v) is 3.09. The Balaban J connectivity index is 3.30. The van der Waals surface area contributed by atoms with E-state index in [1.165, 1.54) is 6.92 Å². The molecule has 0 bridgehead atoms. The van der Waals surface area contributed by atoms with Crippen LogP contribution < -0.4 is 4.74 Å². The molecule has 16 heavy (non-hydrogen) atoms. The minimum atomic E-state index is -5.13. The lowest BCUT2D eigenvalue weighted by Crippen LogP contribution is -2.20. The van der Waals surface area contributed by atoms with Crippen molar-refractivity contribution in [2.75, 3.05) is 0 Å². The molecule has 0 aliphatic carbocycles. The van der Waals surface area contributed by atoms with Crippen molar-refractivity contribution in [2.24, 2.45) is 0 Å². The molecule has 1 aromatic rings. The second kappa shape index (κ2) is 4.25. The van der Waals surface area contributed by atoms with E-state index in [1.807, 2.05) is 0 Å². The van der Waals surface area contributed by atoms with Crippen LogP contribution in [0.1, 0.15) is 16.2 Å². The predicted octanol–water partition coefficient (Wildman–Crippen LogP) is 2.81. The third kappa shape index (κ3) is 3.06. The maximum absolute atomic E-state index is 13.1. The molecule has 0 saturated carbocycles. The summed E-state index contributed by atoms with van der Waals surface area (Å²) in [6.07, 6.45) is -5.13. The van der Waals surface area contributed by atoms with Crippen LogP contribution in [0, 0.1) is 12.7 Å². The molecule has 0 spiro atoms. The highest BCUT2D eigenvalue weighted by Crippen LogP contribution is 2.29. The molecule has 1 heterocycles. The van der Waals surface area contributed by atoms with Gasteiger partial charge in [0.1, 0.15) is 0 Å². The molecule has 0 aromatic carbocycles. The molecule has 3 nitrogen and oxygen atoms in total. The van der Waals surface area contributed by atoms with Gasteiger partial charge in [0.15, 0.2) is 17.3 Å². The summed E-state index contributed by atoms with van der Waals surface area (Å²) in [5.74, 6) is -2.67. The largest absolute Gasteiger partial charge is 0.573 e. The van der Waals surface area contributed by atoms with Crippen LogP contribution in [0.25, 0.3) is 0 Å². The van der Waals surface area contributed by atoms with Crippen molar-refractivity contribution in [3.05, 3.63) is 23.3 Å². The van der Waals surface area contributed by atoms with Crippen LogP contribution in [0.4, 0.5) is 17.6 Å². The van der Waals surface area contributed by atoms with Gasteiger partial charge < -0.3 is 4.74 Å². The van der Waals surface area contributed by atoms with Gasteiger partial charge >= 0.3 is 6.36 Å². The van der Waals surface area contributed by atoms with Crippen molar-refractivity contribution in [3.63, 3.8) is 0 Å². The van der Waals surface area contributed by atoms with E-state index in [-0.39, 0.29) is 5.69 Å². The summed E-state index contributed by atoms with van der Waals surface area (Å²) in [5, 5.41) is -1.33.